The molecule has 0 N–H and O–H groups in total. The molecular formula is C13H14FNO. The smallest absolute Gasteiger partial charge is 0.128 e. The van der Waals surface area contributed by atoms with E-state index in [1.807, 2.05) is 6.07 Å². The summed E-state index contributed by atoms with van der Waals surface area (Å²) in [6.07, 6.45) is 4.92. The first kappa shape index (κ1) is 10.9. The van der Waals surface area contributed by atoms with E-state index >= 15 is 0 Å². The lowest BCUT2D eigenvalue weighted by molar-refractivity contribution is 0.251. The molecule has 2 nitrogen and oxygen atoms in total. The summed E-state index contributed by atoms with van der Waals surface area (Å²) in [5, 5.41) is 8.69. The number of nitrogens with zero attached hydrogens (tertiary/aromatic N) is 1. The number of rotatable bonds is 3. The van der Waals surface area contributed by atoms with Gasteiger partial charge in [-0.1, -0.05) is 12.8 Å². The summed E-state index contributed by atoms with van der Waals surface area (Å²) in [7, 11) is 0. The molecule has 2 rings (SSSR count). The van der Waals surface area contributed by atoms with E-state index in [4.69, 9.17) is 10.00 Å². The van der Waals surface area contributed by atoms with Crippen molar-refractivity contribution in [2.75, 3.05) is 6.61 Å². The van der Waals surface area contributed by atoms with Crippen molar-refractivity contribution in [2.24, 2.45) is 5.92 Å². The summed E-state index contributed by atoms with van der Waals surface area (Å²) in [4.78, 5) is 0. The Morgan fingerprint density at radius 1 is 1.31 bits per heavy atom. The minimum atomic E-state index is -0.416. The minimum absolute atomic E-state index is 0.307. The summed E-state index contributed by atoms with van der Waals surface area (Å²) in [6, 6.07) is 6.04. The highest BCUT2D eigenvalue weighted by molar-refractivity contribution is 5.37. The zero-order chi connectivity index (χ0) is 11.4. The molecule has 84 valence electrons. The molecule has 0 radical (unpaired) electrons. The van der Waals surface area contributed by atoms with Crippen molar-refractivity contribution >= 4 is 0 Å². The van der Waals surface area contributed by atoms with Gasteiger partial charge in [-0.2, -0.15) is 5.26 Å². The van der Waals surface area contributed by atoms with Gasteiger partial charge in [-0.15, -0.1) is 0 Å². The number of ether oxygens (including phenoxy) is 1. The molecule has 1 aromatic carbocycles. The van der Waals surface area contributed by atoms with Crippen molar-refractivity contribution in [2.45, 2.75) is 25.7 Å². The Labute approximate surface area is 94.7 Å². The van der Waals surface area contributed by atoms with Gasteiger partial charge in [0, 0.05) is 6.07 Å². The fraction of sp³-hybridized carbons (Fsp3) is 0.462. The van der Waals surface area contributed by atoms with Gasteiger partial charge in [-0.05, 0) is 30.9 Å². The highest BCUT2D eigenvalue weighted by Gasteiger charge is 2.15. The number of halogens is 1. The van der Waals surface area contributed by atoms with Crippen molar-refractivity contribution in [1.29, 1.82) is 5.26 Å². The van der Waals surface area contributed by atoms with E-state index < -0.39 is 5.82 Å². The van der Waals surface area contributed by atoms with Crippen molar-refractivity contribution in [3.8, 4) is 11.8 Å². The van der Waals surface area contributed by atoms with Crippen LogP contribution in [0.25, 0.3) is 0 Å². The van der Waals surface area contributed by atoms with Gasteiger partial charge in [0.05, 0.1) is 18.2 Å². The summed E-state index contributed by atoms with van der Waals surface area (Å²) in [5.41, 5.74) is 0.307. The first-order chi connectivity index (χ1) is 7.78. The number of nitriles is 1. The zero-order valence-corrected chi connectivity index (χ0v) is 9.08. The number of hydrogen-bond donors (Lipinski definition) is 0. The van der Waals surface area contributed by atoms with Crippen LogP contribution in [0.3, 0.4) is 0 Å². The molecule has 0 heterocycles. The van der Waals surface area contributed by atoms with Crippen LogP contribution in [-0.2, 0) is 0 Å². The van der Waals surface area contributed by atoms with Crippen LogP contribution >= 0.6 is 0 Å². The Balaban J connectivity index is 1.98. The van der Waals surface area contributed by atoms with E-state index in [9.17, 15) is 4.39 Å². The van der Waals surface area contributed by atoms with E-state index in [2.05, 4.69) is 0 Å². The van der Waals surface area contributed by atoms with Gasteiger partial charge in [-0.25, -0.2) is 4.39 Å². The Morgan fingerprint density at radius 2 is 2.06 bits per heavy atom. The molecule has 0 saturated heterocycles. The average molecular weight is 219 g/mol. The lowest BCUT2D eigenvalue weighted by Gasteiger charge is -2.11. The molecule has 1 aliphatic rings. The predicted molar refractivity (Wildman–Crippen MR) is 58.6 cm³/mol. The third-order valence-electron chi connectivity index (χ3n) is 2.96. The van der Waals surface area contributed by atoms with Crippen LogP contribution in [0.4, 0.5) is 4.39 Å². The largest absolute Gasteiger partial charge is 0.493 e. The quantitative estimate of drug-likeness (QED) is 0.781. The molecule has 1 fully saturated rings. The molecule has 0 bridgehead atoms. The van der Waals surface area contributed by atoms with Gasteiger partial charge in [0.1, 0.15) is 11.6 Å². The molecule has 0 aromatic heterocycles. The maximum Gasteiger partial charge on any atom is 0.128 e. The zero-order valence-electron chi connectivity index (χ0n) is 9.08. The van der Waals surface area contributed by atoms with Crippen LogP contribution in [0, 0.1) is 23.1 Å². The molecule has 0 aliphatic heterocycles. The van der Waals surface area contributed by atoms with E-state index in [1.54, 1.807) is 6.07 Å². The molecule has 3 heteroatoms. The fourth-order valence-corrected chi connectivity index (χ4v) is 2.10. The third kappa shape index (κ3) is 2.73. The van der Waals surface area contributed by atoms with Gasteiger partial charge in [0.15, 0.2) is 0 Å². The van der Waals surface area contributed by atoms with Crippen LogP contribution in [0.5, 0.6) is 5.75 Å². The highest BCUT2D eigenvalue weighted by atomic mass is 19.1. The van der Waals surface area contributed by atoms with Crippen molar-refractivity contribution in [3.63, 3.8) is 0 Å². The minimum Gasteiger partial charge on any atom is -0.493 e. The lowest BCUT2D eigenvalue weighted by Crippen LogP contribution is -2.08. The van der Waals surface area contributed by atoms with Crippen molar-refractivity contribution < 1.29 is 9.13 Å². The SMILES string of the molecule is N#Cc1cc(F)cc(OCC2CCCC2)c1. The second kappa shape index (κ2) is 4.98. The topological polar surface area (TPSA) is 33.0 Å². The van der Waals surface area contributed by atoms with Crippen LogP contribution in [0.2, 0.25) is 0 Å². The van der Waals surface area contributed by atoms with Gasteiger partial charge in [-0.3, -0.25) is 0 Å². The molecular weight excluding hydrogens is 205 g/mol. The summed E-state index contributed by atoms with van der Waals surface area (Å²) in [6.45, 7) is 0.633. The summed E-state index contributed by atoms with van der Waals surface area (Å²) >= 11 is 0. The summed E-state index contributed by atoms with van der Waals surface area (Å²) in [5.74, 6) is 0.637. The Bertz CT molecular complexity index is 405. The standard InChI is InChI=1S/C13H14FNO/c14-12-5-11(8-15)6-13(7-12)16-9-10-3-1-2-4-10/h5-7,10H,1-4,9H2. The molecule has 0 atom stereocenters. The van der Waals surface area contributed by atoms with E-state index in [1.165, 1.54) is 37.8 Å². The molecule has 16 heavy (non-hydrogen) atoms. The second-order valence-electron chi connectivity index (χ2n) is 4.25. The van der Waals surface area contributed by atoms with E-state index in [0.717, 1.165) is 0 Å². The number of hydrogen-bond acceptors (Lipinski definition) is 2. The van der Waals surface area contributed by atoms with Crippen LogP contribution < -0.4 is 4.74 Å². The van der Waals surface area contributed by atoms with E-state index in [-0.39, 0.29) is 0 Å². The first-order valence-electron chi connectivity index (χ1n) is 5.61. The average Bonchev–Trinajstić information content (AvgIpc) is 2.78. The maximum atomic E-state index is 13.1. The predicted octanol–water partition coefficient (Wildman–Crippen LogP) is 3.27. The monoisotopic (exact) mass is 219 g/mol. The van der Waals surface area contributed by atoms with Gasteiger partial charge in [0.25, 0.3) is 0 Å². The van der Waals surface area contributed by atoms with Crippen LogP contribution in [0.15, 0.2) is 18.2 Å². The van der Waals surface area contributed by atoms with Gasteiger partial charge < -0.3 is 4.74 Å². The Hall–Kier alpha value is -1.56. The third-order valence-corrected chi connectivity index (χ3v) is 2.96. The lowest BCUT2D eigenvalue weighted by atomic mass is 10.1. The fourth-order valence-electron chi connectivity index (χ4n) is 2.10. The number of benzene rings is 1. The molecule has 1 saturated carbocycles. The van der Waals surface area contributed by atoms with Gasteiger partial charge in [0.2, 0.25) is 0 Å². The first-order valence-corrected chi connectivity index (χ1v) is 5.61. The second-order valence-corrected chi connectivity index (χ2v) is 4.25. The van der Waals surface area contributed by atoms with Crippen LogP contribution in [-0.4, -0.2) is 6.61 Å². The van der Waals surface area contributed by atoms with Gasteiger partial charge >= 0.3 is 0 Å². The Morgan fingerprint density at radius 3 is 2.75 bits per heavy atom. The normalized spacial score (nSPS) is 16.0. The van der Waals surface area contributed by atoms with E-state index in [0.29, 0.717) is 23.8 Å². The molecule has 1 aliphatic carbocycles. The van der Waals surface area contributed by atoms with Crippen molar-refractivity contribution in [1.82, 2.24) is 0 Å². The Kier molecular flexibility index (Phi) is 3.40. The summed E-state index contributed by atoms with van der Waals surface area (Å²) < 4.78 is 18.6. The molecule has 0 spiro atoms. The highest BCUT2D eigenvalue weighted by Crippen LogP contribution is 2.26. The van der Waals surface area contributed by atoms with Crippen LogP contribution in [0.1, 0.15) is 31.2 Å². The van der Waals surface area contributed by atoms with Crippen molar-refractivity contribution in [3.05, 3.63) is 29.6 Å². The molecule has 0 amide bonds. The molecule has 0 unspecified atom stereocenters. The maximum absolute atomic E-state index is 13.1. The molecule has 1 aromatic rings.